The van der Waals surface area contributed by atoms with E-state index in [2.05, 4.69) is 10.3 Å². The molecule has 0 aliphatic carbocycles. The molecule has 0 radical (unpaired) electrons. The summed E-state index contributed by atoms with van der Waals surface area (Å²) < 4.78 is 62.7. The number of nitrogens with zero attached hydrogens (tertiary/aromatic N) is 1. The van der Waals surface area contributed by atoms with Crippen LogP contribution in [0.4, 0.5) is 23.4 Å². The zero-order valence-electron chi connectivity index (χ0n) is 12.0. The summed E-state index contributed by atoms with van der Waals surface area (Å²) in [4.78, 5) is 3.49. The van der Waals surface area contributed by atoms with Crippen LogP contribution in [0.3, 0.4) is 0 Å². The van der Waals surface area contributed by atoms with Gasteiger partial charge in [-0.1, -0.05) is 0 Å². The number of nitrogens with one attached hydrogen (secondary N) is 1. The molecule has 2 aliphatic rings. The highest BCUT2D eigenvalue weighted by Crippen LogP contribution is 2.38. The molecule has 0 amide bonds. The minimum absolute atomic E-state index is 0.233. The number of hydrogen-bond acceptors (Lipinski definition) is 7. The highest BCUT2D eigenvalue weighted by atomic mass is 19.4. The van der Waals surface area contributed by atoms with Crippen molar-refractivity contribution < 1.29 is 42.4 Å². The first-order valence-corrected chi connectivity index (χ1v) is 6.94. The number of fused-ring (bicyclic) bond motifs is 2. The Bertz CT molecular complexity index is 631. The number of anilines is 1. The first-order chi connectivity index (χ1) is 11.2. The second kappa shape index (κ2) is 5.77. The summed E-state index contributed by atoms with van der Waals surface area (Å²) in [7, 11) is 0. The largest absolute Gasteiger partial charge is 0.419 e. The van der Waals surface area contributed by atoms with Gasteiger partial charge in [0.2, 0.25) is 0 Å². The van der Waals surface area contributed by atoms with Gasteiger partial charge in [0.25, 0.3) is 0 Å². The lowest BCUT2D eigenvalue weighted by Crippen LogP contribution is -2.64. The predicted molar refractivity (Wildman–Crippen MR) is 69.3 cm³/mol. The van der Waals surface area contributed by atoms with Crippen molar-refractivity contribution >= 4 is 5.82 Å². The summed E-state index contributed by atoms with van der Waals surface area (Å²) in [6.07, 6.45) is -8.54. The fourth-order valence-electron chi connectivity index (χ4n) is 2.77. The maximum absolute atomic E-state index is 14.0. The quantitative estimate of drug-likeness (QED) is 0.560. The van der Waals surface area contributed by atoms with Crippen molar-refractivity contribution in [3.63, 3.8) is 0 Å². The average molecular weight is 354 g/mol. The van der Waals surface area contributed by atoms with Crippen LogP contribution in [0.15, 0.2) is 12.3 Å². The third-order valence-electron chi connectivity index (χ3n) is 4.13. The summed E-state index contributed by atoms with van der Waals surface area (Å²) >= 11 is 0. The SMILES string of the molecule is OC[C@@]12CO[C@@H](O1)[C@H](Nc1nccc(C(F)(F)F)c1F)[C@@H](O)[C@H]2O. The van der Waals surface area contributed by atoms with E-state index in [4.69, 9.17) is 9.47 Å². The molecule has 1 aromatic rings. The Kier molecular flexibility index (Phi) is 4.16. The van der Waals surface area contributed by atoms with Crippen molar-refractivity contribution in [1.29, 1.82) is 0 Å². The maximum atomic E-state index is 14.0. The fraction of sp³-hybridized carbons (Fsp3) is 0.615. The van der Waals surface area contributed by atoms with Crippen molar-refractivity contribution in [2.24, 2.45) is 0 Å². The number of aromatic nitrogens is 1. The highest BCUT2D eigenvalue weighted by Gasteiger charge is 2.59. The second-order valence-electron chi connectivity index (χ2n) is 5.64. The van der Waals surface area contributed by atoms with E-state index in [9.17, 15) is 32.9 Å². The van der Waals surface area contributed by atoms with E-state index in [0.717, 1.165) is 6.20 Å². The van der Waals surface area contributed by atoms with Gasteiger partial charge in [0.1, 0.15) is 23.9 Å². The number of alkyl halides is 3. The minimum Gasteiger partial charge on any atom is -0.393 e. The molecule has 3 heterocycles. The average Bonchev–Trinajstić information content (AvgIpc) is 2.93. The lowest BCUT2D eigenvalue weighted by atomic mass is 9.88. The van der Waals surface area contributed by atoms with Crippen molar-refractivity contribution in [2.75, 3.05) is 18.5 Å². The normalized spacial score (nSPS) is 36.0. The summed E-state index contributed by atoms with van der Waals surface area (Å²) in [6.45, 7) is -0.867. The van der Waals surface area contributed by atoms with E-state index in [1.54, 1.807) is 0 Å². The lowest BCUT2D eigenvalue weighted by Gasteiger charge is -2.42. The molecule has 134 valence electrons. The van der Waals surface area contributed by atoms with Crippen LogP contribution < -0.4 is 5.32 Å². The first kappa shape index (κ1) is 17.3. The van der Waals surface area contributed by atoms with Gasteiger partial charge in [-0.25, -0.2) is 9.37 Å². The van der Waals surface area contributed by atoms with Crippen molar-refractivity contribution in [3.8, 4) is 0 Å². The maximum Gasteiger partial charge on any atom is 0.419 e. The van der Waals surface area contributed by atoms with Crippen LogP contribution >= 0.6 is 0 Å². The molecular weight excluding hydrogens is 340 g/mol. The van der Waals surface area contributed by atoms with E-state index in [-0.39, 0.29) is 6.61 Å². The fourth-order valence-corrected chi connectivity index (χ4v) is 2.77. The summed E-state index contributed by atoms with van der Waals surface area (Å²) in [5, 5.41) is 31.8. The summed E-state index contributed by atoms with van der Waals surface area (Å²) in [6, 6.07) is -0.806. The molecule has 2 bridgehead atoms. The number of hydrogen-bond donors (Lipinski definition) is 4. The van der Waals surface area contributed by atoms with Gasteiger partial charge in [-0.3, -0.25) is 0 Å². The molecule has 4 N–H and O–H groups in total. The van der Waals surface area contributed by atoms with E-state index >= 15 is 0 Å². The van der Waals surface area contributed by atoms with Crippen LogP contribution in [0.5, 0.6) is 0 Å². The number of pyridine rings is 1. The Hall–Kier alpha value is -1.53. The Morgan fingerprint density at radius 1 is 1.38 bits per heavy atom. The van der Waals surface area contributed by atoms with E-state index in [1.165, 1.54) is 0 Å². The van der Waals surface area contributed by atoms with Crippen molar-refractivity contribution in [1.82, 2.24) is 4.98 Å². The highest BCUT2D eigenvalue weighted by molar-refractivity contribution is 5.42. The van der Waals surface area contributed by atoms with Gasteiger partial charge in [0.15, 0.2) is 17.9 Å². The molecule has 7 nitrogen and oxygen atoms in total. The van der Waals surface area contributed by atoms with Crippen LogP contribution in [0.25, 0.3) is 0 Å². The Labute approximate surface area is 132 Å². The molecule has 3 rings (SSSR count). The first-order valence-electron chi connectivity index (χ1n) is 6.94. The van der Waals surface area contributed by atoms with Gasteiger partial charge in [-0.2, -0.15) is 13.2 Å². The van der Waals surface area contributed by atoms with Crippen LogP contribution in [0, 0.1) is 5.82 Å². The van der Waals surface area contributed by atoms with Gasteiger partial charge in [-0.15, -0.1) is 0 Å². The summed E-state index contributed by atoms with van der Waals surface area (Å²) in [5.41, 5.74) is -3.05. The van der Waals surface area contributed by atoms with Gasteiger partial charge in [0, 0.05) is 6.20 Å². The zero-order valence-corrected chi connectivity index (χ0v) is 12.0. The van der Waals surface area contributed by atoms with Crippen LogP contribution in [-0.4, -0.2) is 63.7 Å². The standard InChI is InChI=1S/C13H14F4N2O5/c14-6-5(13(15,16)17)1-2-18-10(6)19-7-8(21)9(22)12(3-20)4-23-11(7)24-12/h1-2,7-9,11,20-22H,3-4H2,(H,18,19)/t7-,8-,9-,11+,12+/m1/s1. The topological polar surface area (TPSA) is 104 Å². The number of aliphatic hydroxyl groups is 3. The monoisotopic (exact) mass is 354 g/mol. The van der Waals surface area contributed by atoms with Gasteiger partial charge >= 0.3 is 6.18 Å². The minimum atomic E-state index is -4.92. The molecule has 24 heavy (non-hydrogen) atoms. The molecule has 0 saturated carbocycles. The second-order valence-corrected chi connectivity index (χ2v) is 5.64. The van der Waals surface area contributed by atoms with Gasteiger partial charge < -0.3 is 30.1 Å². The summed E-state index contributed by atoms with van der Waals surface area (Å²) in [5.74, 6) is -2.42. The van der Waals surface area contributed by atoms with Crippen LogP contribution in [0.2, 0.25) is 0 Å². The molecule has 1 aromatic heterocycles. The van der Waals surface area contributed by atoms with E-state index < -0.39 is 60.1 Å². The molecule has 0 unspecified atom stereocenters. The van der Waals surface area contributed by atoms with Crippen molar-refractivity contribution in [2.45, 2.75) is 36.3 Å². The number of ether oxygens (including phenoxy) is 2. The molecule has 5 atom stereocenters. The predicted octanol–water partition coefficient (Wildman–Crippen LogP) is -0.141. The van der Waals surface area contributed by atoms with Crippen molar-refractivity contribution in [3.05, 3.63) is 23.6 Å². The Morgan fingerprint density at radius 2 is 2.08 bits per heavy atom. The smallest absolute Gasteiger partial charge is 0.393 e. The third kappa shape index (κ3) is 2.62. The lowest BCUT2D eigenvalue weighted by molar-refractivity contribution is -0.224. The van der Waals surface area contributed by atoms with Gasteiger partial charge in [-0.05, 0) is 6.07 Å². The molecule has 2 fully saturated rings. The van der Waals surface area contributed by atoms with E-state index in [1.807, 2.05) is 0 Å². The molecule has 2 saturated heterocycles. The molecule has 11 heteroatoms. The molecule has 0 aromatic carbocycles. The molecule has 0 spiro atoms. The van der Waals surface area contributed by atoms with E-state index in [0.29, 0.717) is 6.07 Å². The Balaban J connectivity index is 1.87. The number of rotatable bonds is 3. The number of halogens is 4. The molecular formula is C13H14F4N2O5. The van der Waals surface area contributed by atoms with Crippen LogP contribution in [0.1, 0.15) is 5.56 Å². The third-order valence-corrected chi connectivity index (χ3v) is 4.13. The molecule has 2 aliphatic heterocycles. The Morgan fingerprint density at radius 3 is 2.71 bits per heavy atom. The van der Waals surface area contributed by atoms with Gasteiger partial charge in [0.05, 0.1) is 18.8 Å². The number of aliphatic hydroxyl groups excluding tert-OH is 3. The zero-order chi connectivity index (χ0) is 17.7. The van der Waals surface area contributed by atoms with Crippen LogP contribution in [-0.2, 0) is 15.7 Å².